The molecule has 0 bridgehead atoms. The molecule has 1 aliphatic rings. The third-order valence-corrected chi connectivity index (χ3v) is 2.21. The first-order valence-electron chi connectivity index (χ1n) is 5.29. The number of hydrogen-bond acceptors (Lipinski definition) is 3. The predicted molar refractivity (Wildman–Crippen MR) is 59.4 cm³/mol. The van der Waals surface area contributed by atoms with E-state index in [0.29, 0.717) is 0 Å². The Labute approximate surface area is 99.2 Å². The fourth-order valence-electron chi connectivity index (χ4n) is 1.47. The molecule has 1 fully saturated rings. The molecule has 1 heterocycles. The van der Waals surface area contributed by atoms with Crippen molar-refractivity contribution < 1.29 is 19.5 Å². The second-order valence-corrected chi connectivity index (χ2v) is 4.97. The fourth-order valence-corrected chi connectivity index (χ4v) is 1.47. The molecule has 0 aromatic carbocycles. The highest BCUT2D eigenvalue weighted by molar-refractivity contribution is 5.90. The third-order valence-electron chi connectivity index (χ3n) is 2.21. The molecule has 0 aromatic heterocycles. The van der Waals surface area contributed by atoms with Crippen LogP contribution in [0.5, 0.6) is 0 Å². The molecule has 1 aliphatic heterocycles. The molecule has 0 spiro atoms. The minimum absolute atomic E-state index is 0.0638. The molecule has 96 valence electrons. The van der Waals surface area contributed by atoms with Crippen LogP contribution in [0.2, 0.25) is 0 Å². The molecule has 1 atom stereocenters. The van der Waals surface area contributed by atoms with E-state index < -0.39 is 23.6 Å². The number of piperazine rings is 1. The first-order valence-corrected chi connectivity index (χ1v) is 5.29. The fraction of sp³-hybridized carbons (Fsp3) is 0.700. The van der Waals surface area contributed by atoms with Crippen LogP contribution in [0.25, 0.3) is 0 Å². The number of urea groups is 1. The van der Waals surface area contributed by atoms with Crippen LogP contribution in [0, 0.1) is 0 Å². The predicted octanol–water partition coefficient (Wildman–Crippen LogP) is -0.620. The van der Waals surface area contributed by atoms with Gasteiger partial charge in [-0.1, -0.05) is 0 Å². The smallest absolute Gasteiger partial charge is 0.328 e. The van der Waals surface area contributed by atoms with Gasteiger partial charge in [-0.25, -0.2) is 9.59 Å². The topological polar surface area (TPSA) is 98.7 Å². The summed E-state index contributed by atoms with van der Waals surface area (Å²) in [5, 5.41) is 14.0. The number of rotatable bonds is 1. The van der Waals surface area contributed by atoms with Crippen LogP contribution in [-0.2, 0) is 9.59 Å². The van der Waals surface area contributed by atoms with Crippen molar-refractivity contribution in [3.05, 3.63) is 0 Å². The molecule has 0 saturated carbocycles. The minimum Gasteiger partial charge on any atom is -0.480 e. The molecule has 17 heavy (non-hydrogen) atoms. The number of amides is 3. The van der Waals surface area contributed by atoms with E-state index in [1.807, 2.05) is 0 Å². The van der Waals surface area contributed by atoms with Gasteiger partial charge in [-0.2, -0.15) is 0 Å². The summed E-state index contributed by atoms with van der Waals surface area (Å²) in [5.41, 5.74) is -0.478. The summed E-state index contributed by atoms with van der Waals surface area (Å²) in [7, 11) is 0. The second-order valence-electron chi connectivity index (χ2n) is 4.97. The lowest BCUT2D eigenvalue weighted by molar-refractivity contribution is -0.144. The Balaban J connectivity index is 2.79. The monoisotopic (exact) mass is 243 g/mol. The Morgan fingerprint density at radius 1 is 1.47 bits per heavy atom. The van der Waals surface area contributed by atoms with E-state index in [-0.39, 0.29) is 19.0 Å². The first kappa shape index (κ1) is 13.3. The van der Waals surface area contributed by atoms with Crippen molar-refractivity contribution in [1.29, 1.82) is 0 Å². The highest BCUT2D eigenvalue weighted by atomic mass is 16.4. The van der Waals surface area contributed by atoms with Gasteiger partial charge in [0, 0.05) is 12.1 Å². The van der Waals surface area contributed by atoms with E-state index >= 15 is 0 Å². The zero-order valence-corrected chi connectivity index (χ0v) is 10.1. The summed E-state index contributed by atoms with van der Waals surface area (Å²) in [4.78, 5) is 35.0. The maximum absolute atomic E-state index is 11.8. The Morgan fingerprint density at radius 3 is 2.53 bits per heavy atom. The number of nitrogens with zero attached hydrogens (tertiary/aromatic N) is 1. The molecule has 1 unspecified atom stereocenters. The third kappa shape index (κ3) is 3.61. The lowest BCUT2D eigenvalue weighted by atomic mass is 10.1. The zero-order valence-electron chi connectivity index (χ0n) is 10.1. The van der Waals surface area contributed by atoms with Crippen molar-refractivity contribution in [1.82, 2.24) is 15.5 Å². The summed E-state index contributed by atoms with van der Waals surface area (Å²) >= 11 is 0. The SMILES string of the molecule is CC(C)(C)NC(=O)N1CC(=O)NCC1C(=O)O. The highest BCUT2D eigenvalue weighted by Gasteiger charge is 2.36. The lowest BCUT2D eigenvalue weighted by Gasteiger charge is -2.35. The molecule has 3 N–H and O–H groups in total. The maximum Gasteiger partial charge on any atom is 0.328 e. The summed E-state index contributed by atoms with van der Waals surface area (Å²) in [6.45, 7) is 5.05. The van der Waals surface area contributed by atoms with E-state index in [9.17, 15) is 14.4 Å². The Hall–Kier alpha value is -1.79. The van der Waals surface area contributed by atoms with Gasteiger partial charge in [0.2, 0.25) is 5.91 Å². The van der Waals surface area contributed by atoms with Crippen LogP contribution in [-0.4, -0.2) is 52.6 Å². The van der Waals surface area contributed by atoms with Gasteiger partial charge >= 0.3 is 12.0 Å². The molecular formula is C10H17N3O4. The molecule has 1 saturated heterocycles. The number of carboxylic acids is 1. The minimum atomic E-state index is -1.13. The standard InChI is InChI=1S/C10H17N3O4/c1-10(2,3)12-9(17)13-5-7(14)11-4-6(13)8(15)16/h6H,4-5H2,1-3H3,(H,11,14)(H,12,17)(H,15,16). The van der Waals surface area contributed by atoms with Gasteiger partial charge in [-0.05, 0) is 20.8 Å². The zero-order chi connectivity index (χ0) is 13.2. The molecule has 0 aromatic rings. The van der Waals surface area contributed by atoms with Crippen LogP contribution in [0.4, 0.5) is 4.79 Å². The molecule has 7 nitrogen and oxygen atoms in total. The van der Waals surface area contributed by atoms with Crippen molar-refractivity contribution in [3.63, 3.8) is 0 Å². The van der Waals surface area contributed by atoms with Gasteiger partial charge in [0.1, 0.15) is 12.6 Å². The van der Waals surface area contributed by atoms with Gasteiger partial charge in [0.05, 0.1) is 0 Å². The van der Waals surface area contributed by atoms with Crippen molar-refractivity contribution in [3.8, 4) is 0 Å². The summed E-state index contributed by atoms with van der Waals surface area (Å²) in [6.07, 6.45) is 0. The average molecular weight is 243 g/mol. The van der Waals surface area contributed by atoms with E-state index in [0.717, 1.165) is 4.90 Å². The largest absolute Gasteiger partial charge is 0.480 e. The second kappa shape index (κ2) is 4.60. The highest BCUT2D eigenvalue weighted by Crippen LogP contribution is 2.07. The van der Waals surface area contributed by atoms with Gasteiger partial charge in [0.25, 0.3) is 0 Å². The first-order chi connectivity index (χ1) is 7.70. The van der Waals surface area contributed by atoms with Crippen molar-refractivity contribution in [2.45, 2.75) is 32.4 Å². The van der Waals surface area contributed by atoms with Crippen LogP contribution in [0.1, 0.15) is 20.8 Å². The van der Waals surface area contributed by atoms with E-state index in [2.05, 4.69) is 10.6 Å². The normalized spacial score (nSPS) is 20.8. The van der Waals surface area contributed by atoms with Crippen molar-refractivity contribution >= 4 is 17.9 Å². The average Bonchev–Trinajstić information content (AvgIpc) is 2.14. The van der Waals surface area contributed by atoms with E-state index in [1.54, 1.807) is 20.8 Å². The summed E-state index contributed by atoms with van der Waals surface area (Å²) in [5.74, 6) is -1.49. The quantitative estimate of drug-likeness (QED) is 0.571. The van der Waals surface area contributed by atoms with Crippen molar-refractivity contribution in [2.24, 2.45) is 0 Å². The number of hydrogen-bond donors (Lipinski definition) is 3. The van der Waals surface area contributed by atoms with Crippen LogP contribution >= 0.6 is 0 Å². The number of carbonyl (C=O) groups excluding carboxylic acids is 2. The van der Waals surface area contributed by atoms with Crippen molar-refractivity contribution in [2.75, 3.05) is 13.1 Å². The van der Waals surface area contributed by atoms with Gasteiger partial charge < -0.3 is 15.7 Å². The molecule has 0 aliphatic carbocycles. The van der Waals surface area contributed by atoms with Crippen LogP contribution in [0.3, 0.4) is 0 Å². The number of nitrogens with one attached hydrogen (secondary N) is 2. The van der Waals surface area contributed by atoms with Gasteiger partial charge in [-0.3, -0.25) is 9.69 Å². The molecule has 0 radical (unpaired) electrons. The molecule has 1 rings (SSSR count). The Kier molecular flexibility index (Phi) is 3.59. The summed E-state index contributed by atoms with van der Waals surface area (Å²) in [6, 6.07) is -1.56. The number of carbonyl (C=O) groups is 3. The number of aliphatic carboxylic acids is 1. The summed E-state index contributed by atoms with van der Waals surface area (Å²) < 4.78 is 0. The van der Waals surface area contributed by atoms with E-state index in [4.69, 9.17) is 5.11 Å². The Bertz CT molecular complexity index is 348. The van der Waals surface area contributed by atoms with Crippen LogP contribution < -0.4 is 10.6 Å². The van der Waals surface area contributed by atoms with Gasteiger partial charge in [-0.15, -0.1) is 0 Å². The number of carboxylic acid groups (broad SMARTS) is 1. The molecule has 3 amide bonds. The van der Waals surface area contributed by atoms with Crippen LogP contribution in [0.15, 0.2) is 0 Å². The van der Waals surface area contributed by atoms with E-state index in [1.165, 1.54) is 0 Å². The molecule has 7 heteroatoms. The molecular weight excluding hydrogens is 226 g/mol. The lowest BCUT2D eigenvalue weighted by Crippen LogP contribution is -2.62. The Morgan fingerprint density at radius 2 is 2.06 bits per heavy atom. The van der Waals surface area contributed by atoms with Gasteiger partial charge in [0.15, 0.2) is 0 Å². The maximum atomic E-state index is 11.8.